The molecule has 10 rings (SSSR count). The predicted molar refractivity (Wildman–Crippen MR) is 389 cm³/mol. The van der Waals surface area contributed by atoms with Gasteiger partial charge in [0.15, 0.2) is 34.7 Å². The molecule has 1 aliphatic heterocycles. The first-order valence-corrected chi connectivity index (χ1v) is 33.7. The van der Waals surface area contributed by atoms with E-state index in [0.717, 1.165) is 12.1 Å². The minimum atomic E-state index is -0.860. The van der Waals surface area contributed by atoms with Crippen molar-refractivity contribution in [3.8, 4) is 23.0 Å². The van der Waals surface area contributed by atoms with Crippen molar-refractivity contribution in [2.45, 2.75) is 104 Å². The summed E-state index contributed by atoms with van der Waals surface area (Å²) in [5.41, 5.74) is 18.6. The van der Waals surface area contributed by atoms with Gasteiger partial charge in [0.1, 0.15) is 59.7 Å². The molecule has 1 saturated heterocycles. The summed E-state index contributed by atoms with van der Waals surface area (Å²) in [5, 5.41) is 21.0. The summed E-state index contributed by atoms with van der Waals surface area (Å²) in [5.74, 6) is -1.67. The molecule has 0 saturated carbocycles. The Kier molecular flexibility index (Phi) is 29.9. The number of rotatable bonds is 15. The van der Waals surface area contributed by atoms with Gasteiger partial charge in [-0.25, -0.2) is 36.9 Å². The molecule has 17 nitrogen and oxygen atoms in total. The number of aromatic nitrogens is 4. The Hall–Kier alpha value is -6.33. The number of hydrogen-bond acceptors (Lipinski definition) is 16. The van der Waals surface area contributed by atoms with Gasteiger partial charge in [-0.2, -0.15) is 0 Å². The standard InChI is InChI=1S/C19H22BCl2FN2O3.C13H10BrCl2FN2O.C13H9Cl2FN2O3.C13H11Cl2FN2O.C8H7Cl2FO/c1-10(15-12(21)6-7-13(23)16(15)22)26-14-8-11(9-25-17(14)24)20-27-18(2,3)19(4,5)28-20;1-6(11-8(15)2-3-9(17)12(11)16)20-10-4-7(14)5-19-13(10)18;1-7(11-8(14)4-5-9(16)12(11)15)21-10-3-2-6-17-13(10)18(19)20;1-7(19-10-3-2-6-18-13(10)17)11-8(14)4-5-9(16)12(11)15;1-4(12)7-5(9)2-3-6(11)8(7)10/h6-10H,1-5H3,(H2,24,25);2-6H,1H3,(H2,18,19);2-7H,1H3;2-7H,1H3,(H2,17,18);2-4,12H,1H3/t10-;6-;2*7-;4-/m11110/s1. The van der Waals surface area contributed by atoms with Crippen LogP contribution in [0.15, 0.2) is 126 Å². The van der Waals surface area contributed by atoms with Gasteiger partial charge in [-0.1, -0.05) is 116 Å². The van der Waals surface area contributed by atoms with Crippen molar-refractivity contribution in [2.75, 3.05) is 17.2 Å². The molecular weight excluding hydrogens is 1590 g/mol. The van der Waals surface area contributed by atoms with Gasteiger partial charge in [-0.05, 0) is 185 Å². The van der Waals surface area contributed by atoms with Crippen molar-refractivity contribution < 1.29 is 60.2 Å². The number of ether oxygens (including phenoxy) is 4. The van der Waals surface area contributed by atoms with E-state index < -0.39 is 88.7 Å². The number of hydrogen-bond donors (Lipinski definition) is 4. The topological polar surface area (TPSA) is 248 Å². The second kappa shape index (κ2) is 36.2. The molecule has 100 heavy (non-hydrogen) atoms. The Morgan fingerprint density at radius 1 is 0.480 bits per heavy atom. The van der Waals surface area contributed by atoms with Crippen LogP contribution in [0.1, 0.15) is 121 Å². The highest BCUT2D eigenvalue weighted by Gasteiger charge is 2.52. The third-order valence-corrected chi connectivity index (χ3v) is 18.7. The Bertz CT molecular complexity index is 4400. The molecule has 1 aliphatic rings. The lowest BCUT2D eigenvalue weighted by Gasteiger charge is -2.32. The van der Waals surface area contributed by atoms with Crippen LogP contribution in [0.3, 0.4) is 0 Å². The smallest absolute Gasteiger partial charge is 0.482 e. The number of aliphatic hydroxyl groups is 1. The van der Waals surface area contributed by atoms with Crippen LogP contribution in [-0.4, -0.2) is 48.3 Å². The van der Waals surface area contributed by atoms with E-state index >= 15 is 0 Å². The molecule has 0 aliphatic carbocycles. The lowest BCUT2D eigenvalue weighted by atomic mass is 9.80. The zero-order chi connectivity index (χ0) is 74.6. The molecule has 0 spiro atoms. The summed E-state index contributed by atoms with van der Waals surface area (Å²) < 4.78 is 103. The number of pyridine rings is 4. The molecule has 0 amide bonds. The Labute approximate surface area is 630 Å². The highest BCUT2D eigenvalue weighted by atomic mass is 79.9. The van der Waals surface area contributed by atoms with Gasteiger partial charge in [0.2, 0.25) is 5.75 Å². The van der Waals surface area contributed by atoms with Gasteiger partial charge in [0, 0.05) is 81.5 Å². The quantitative estimate of drug-likeness (QED) is 0.0245. The Morgan fingerprint density at radius 3 is 1.15 bits per heavy atom. The second-order valence-electron chi connectivity index (χ2n) is 22.2. The maximum atomic E-state index is 13.8. The number of nitrogen functional groups attached to an aromatic ring is 3. The van der Waals surface area contributed by atoms with Gasteiger partial charge in [-0.3, -0.25) is 0 Å². The molecule has 532 valence electrons. The average molecular weight is 1650 g/mol. The first-order valence-electron chi connectivity index (χ1n) is 29.1. The molecular formula is C66H59BBrCl10F5N8O9. The molecule has 9 aromatic rings. The van der Waals surface area contributed by atoms with Crippen LogP contribution in [0.25, 0.3) is 0 Å². The minimum Gasteiger partial charge on any atom is -0.482 e. The largest absolute Gasteiger partial charge is 0.496 e. The third-order valence-electron chi connectivity index (χ3n) is 14.7. The first-order chi connectivity index (χ1) is 46.8. The van der Waals surface area contributed by atoms with Gasteiger partial charge in [0.05, 0.1) is 42.4 Å². The van der Waals surface area contributed by atoms with Crippen LogP contribution in [0, 0.1) is 39.2 Å². The summed E-state index contributed by atoms with van der Waals surface area (Å²) in [6.07, 6.45) is 2.52. The van der Waals surface area contributed by atoms with Gasteiger partial charge < -0.3 is 60.7 Å². The van der Waals surface area contributed by atoms with E-state index in [-0.39, 0.29) is 69.5 Å². The van der Waals surface area contributed by atoms with Crippen LogP contribution in [-0.2, 0) is 9.31 Å². The fraction of sp³-hybridized carbons (Fsp3) is 0.242. The summed E-state index contributed by atoms with van der Waals surface area (Å²) >= 11 is 62.6. The van der Waals surface area contributed by atoms with Gasteiger partial charge in [0.25, 0.3) is 0 Å². The van der Waals surface area contributed by atoms with Crippen molar-refractivity contribution in [2.24, 2.45) is 0 Å². The molecule has 7 N–H and O–H groups in total. The molecule has 0 bridgehead atoms. The van der Waals surface area contributed by atoms with Crippen molar-refractivity contribution >= 4 is 168 Å². The van der Waals surface area contributed by atoms with E-state index in [1.165, 1.54) is 73.8 Å². The number of anilines is 3. The minimum absolute atomic E-state index is 0.0496. The molecule has 1 fully saturated rings. The average Bonchev–Trinajstić information content (AvgIpc) is 1.63. The normalized spacial score (nSPS) is 14.2. The van der Waals surface area contributed by atoms with E-state index in [9.17, 15) is 37.2 Å². The highest BCUT2D eigenvalue weighted by molar-refractivity contribution is 9.10. The molecule has 0 radical (unpaired) electrons. The third kappa shape index (κ3) is 21.0. The number of aliphatic hydroxyl groups excluding tert-OH is 1. The monoisotopic (exact) mass is 1640 g/mol. The number of nitrogens with two attached hydrogens (primary N) is 3. The Morgan fingerprint density at radius 2 is 0.790 bits per heavy atom. The van der Waals surface area contributed by atoms with E-state index in [1.807, 2.05) is 27.7 Å². The summed E-state index contributed by atoms with van der Waals surface area (Å²) in [6.45, 7) is 16.0. The van der Waals surface area contributed by atoms with Crippen LogP contribution in [0.5, 0.6) is 23.0 Å². The number of nitro groups is 1. The fourth-order valence-electron chi connectivity index (χ4n) is 8.90. The molecule has 34 heteroatoms. The van der Waals surface area contributed by atoms with E-state index in [1.54, 1.807) is 70.6 Å². The number of benzene rings is 5. The van der Waals surface area contributed by atoms with E-state index in [0.29, 0.717) is 58.9 Å². The fourth-order valence-corrected chi connectivity index (χ4v) is 12.6. The zero-order valence-electron chi connectivity index (χ0n) is 53.7. The van der Waals surface area contributed by atoms with Crippen LogP contribution < -0.4 is 41.6 Å². The molecule has 5 aromatic carbocycles. The van der Waals surface area contributed by atoms with Gasteiger partial charge >= 0.3 is 12.9 Å². The first kappa shape index (κ1) is 82.6. The van der Waals surface area contributed by atoms with Crippen LogP contribution in [0.2, 0.25) is 50.2 Å². The lowest BCUT2D eigenvalue weighted by Crippen LogP contribution is -2.41. The SMILES string of the molecule is C[C@@H](Oc1cc(B2OC(C)(C)C(C)(C)O2)cnc1N)c1c(Cl)ccc(F)c1Cl.C[C@@H](Oc1cc(Br)cnc1N)c1c(Cl)ccc(F)c1Cl.C[C@@H](Oc1cccnc1N)c1c(Cl)ccc(F)c1Cl.C[C@@H](Oc1cccnc1[N+](=O)[O-])c1c(Cl)ccc(F)c1Cl.C[C@H](O)c1c(Cl)ccc(F)c1Cl. The van der Waals surface area contributed by atoms with E-state index in [2.05, 4.69) is 35.9 Å². The number of nitrogens with zero attached hydrogens (tertiary/aromatic N) is 5. The van der Waals surface area contributed by atoms with Crippen LogP contribution >= 0.6 is 132 Å². The number of halogens is 16. The molecule has 0 unspecified atom stereocenters. The van der Waals surface area contributed by atoms with E-state index in [4.69, 9.17) is 161 Å². The summed E-state index contributed by atoms with van der Waals surface area (Å²) in [4.78, 5) is 25.9. The maximum Gasteiger partial charge on any atom is 0.496 e. The maximum absolute atomic E-state index is 13.8. The predicted octanol–water partition coefficient (Wildman–Crippen LogP) is 21.6. The molecule has 5 heterocycles. The summed E-state index contributed by atoms with van der Waals surface area (Å²) in [6, 6.07) is 22.5. The Balaban J connectivity index is 0.000000201. The van der Waals surface area contributed by atoms with Crippen molar-refractivity contribution in [1.29, 1.82) is 0 Å². The van der Waals surface area contributed by atoms with Crippen molar-refractivity contribution in [3.05, 3.63) is 244 Å². The highest BCUT2D eigenvalue weighted by Crippen LogP contribution is 2.42. The lowest BCUT2D eigenvalue weighted by molar-refractivity contribution is -0.390. The van der Waals surface area contributed by atoms with Crippen molar-refractivity contribution in [3.63, 3.8) is 0 Å². The molecule has 4 aromatic heterocycles. The van der Waals surface area contributed by atoms with Gasteiger partial charge in [-0.15, -0.1) is 0 Å². The summed E-state index contributed by atoms with van der Waals surface area (Å²) in [7, 11) is -0.614. The molecule has 5 atom stereocenters. The van der Waals surface area contributed by atoms with Crippen molar-refractivity contribution in [1.82, 2.24) is 19.9 Å². The van der Waals surface area contributed by atoms with Crippen LogP contribution in [0.4, 0.5) is 45.2 Å². The zero-order valence-corrected chi connectivity index (χ0v) is 62.9. The second-order valence-corrected chi connectivity index (χ2v) is 27.1.